The maximum atomic E-state index is 15.3. The number of likely N-dealkylation sites (N-methyl/N-ethyl adjacent to an activating group) is 1. The van der Waals surface area contributed by atoms with Gasteiger partial charge >= 0.3 is 0 Å². The van der Waals surface area contributed by atoms with Crippen LogP contribution in [-0.4, -0.2) is 69.8 Å². The monoisotopic (exact) mass is 625 g/mol. The number of fused-ring (bicyclic) bond motifs is 3. The van der Waals surface area contributed by atoms with Crippen LogP contribution in [0.25, 0.3) is 11.1 Å². The summed E-state index contributed by atoms with van der Waals surface area (Å²) in [7, 11) is 3.74. The highest BCUT2D eigenvalue weighted by molar-refractivity contribution is 6.07. The molecule has 2 N–H and O–H groups in total. The van der Waals surface area contributed by atoms with E-state index in [1.807, 2.05) is 18.2 Å². The van der Waals surface area contributed by atoms with Crippen LogP contribution in [0, 0.1) is 11.2 Å². The van der Waals surface area contributed by atoms with Gasteiger partial charge in [0, 0.05) is 69.3 Å². The van der Waals surface area contributed by atoms with Crippen LogP contribution in [-0.2, 0) is 33.0 Å². The number of carbonyl (C=O) groups is 1. The Kier molecular flexibility index (Phi) is 7.48. The van der Waals surface area contributed by atoms with Crippen molar-refractivity contribution in [1.29, 1.82) is 0 Å². The van der Waals surface area contributed by atoms with Crippen LogP contribution in [0.15, 0.2) is 53.6 Å². The lowest BCUT2D eigenvalue weighted by molar-refractivity contribution is 0.0963. The molecule has 1 aromatic carbocycles. The zero-order chi connectivity index (χ0) is 32.3. The summed E-state index contributed by atoms with van der Waals surface area (Å²) in [5.41, 5.74) is 5.87. The van der Waals surface area contributed by atoms with E-state index >= 15 is 4.39 Å². The van der Waals surface area contributed by atoms with E-state index < -0.39 is 12.4 Å². The Bertz CT molecular complexity index is 1890. The van der Waals surface area contributed by atoms with Crippen LogP contribution >= 0.6 is 0 Å². The SMILES string of the molecule is CN1CCN(c2ccc(Nc3cc(-c4cc(F)cc(N5CCn6c(cc7c6CC(C)(C)C7)C5=O)c4CO)cn(C)c3=O)nc2)CC1. The van der Waals surface area contributed by atoms with E-state index in [-0.39, 0.29) is 22.6 Å². The molecule has 0 radical (unpaired) electrons. The molecular weight excluding hydrogens is 585 g/mol. The van der Waals surface area contributed by atoms with Gasteiger partial charge < -0.3 is 34.3 Å². The second kappa shape index (κ2) is 11.4. The topological polar surface area (TPSA) is 98.9 Å². The maximum Gasteiger partial charge on any atom is 0.274 e. The molecule has 46 heavy (non-hydrogen) atoms. The lowest BCUT2D eigenvalue weighted by Gasteiger charge is -2.33. The first-order chi connectivity index (χ1) is 22.0. The minimum Gasteiger partial charge on any atom is -0.392 e. The van der Waals surface area contributed by atoms with Gasteiger partial charge in [0.25, 0.3) is 11.5 Å². The van der Waals surface area contributed by atoms with Crippen molar-refractivity contribution in [3.63, 3.8) is 0 Å². The summed E-state index contributed by atoms with van der Waals surface area (Å²) in [4.78, 5) is 37.7. The molecule has 11 heteroatoms. The largest absolute Gasteiger partial charge is 0.392 e. The van der Waals surface area contributed by atoms with E-state index in [1.165, 1.54) is 28.0 Å². The highest BCUT2D eigenvalue weighted by Gasteiger charge is 2.37. The normalized spacial score (nSPS) is 17.7. The molecule has 3 aromatic heterocycles. The molecule has 1 aliphatic carbocycles. The number of aliphatic hydroxyl groups excluding tert-OH is 1. The number of pyridine rings is 2. The molecule has 0 bridgehead atoms. The summed E-state index contributed by atoms with van der Waals surface area (Å²) >= 11 is 0. The zero-order valence-electron chi connectivity index (χ0n) is 26.8. The Morgan fingerprint density at radius 1 is 0.978 bits per heavy atom. The van der Waals surface area contributed by atoms with Gasteiger partial charge in [-0.15, -0.1) is 0 Å². The molecule has 0 saturated carbocycles. The van der Waals surface area contributed by atoms with Crippen LogP contribution in [0.4, 0.5) is 27.3 Å². The van der Waals surface area contributed by atoms with Gasteiger partial charge in [-0.05, 0) is 72.8 Å². The van der Waals surface area contributed by atoms with E-state index in [0.29, 0.717) is 47.0 Å². The van der Waals surface area contributed by atoms with Crippen LogP contribution < -0.4 is 20.7 Å². The fourth-order valence-corrected chi connectivity index (χ4v) is 7.23. The van der Waals surface area contributed by atoms with Crippen molar-refractivity contribution in [3.05, 3.63) is 87.5 Å². The molecule has 2 aliphatic heterocycles. The smallest absolute Gasteiger partial charge is 0.274 e. The Morgan fingerprint density at radius 3 is 2.48 bits per heavy atom. The van der Waals surface area contributed by atoms with Crippen LogP contribution in [0.1, 0.15) is 41.2 Å². The second-order valence-corrected chi connectivity index (χ2v) is 13.6. The molecule has 3 aliphatic rings. The van der Waals surface area contributed by atoms with Gasteiger partial charge in [-0.3, -0.25) is 9.59 Å². The quantitative estimate of drug-likeness (QED) is 0.332. The summed E-state index contributed by atoms with van der Waals surface area (Å²) < 4.78 is 18.9. The minimum absolute atomic E-state index is 0.169. The number of amides is 1. The van der Waals surface area contributed by atoms with Gasteiger partial charge in [0.05, 0.1) is 24.2 Å². The molecule has 4 aromatic rings. The number of aliphatic hydroxyl groups is 1. The van der Waals surface area contributed by atoms with Gasteiger partial charge in [0.15, 0.2) is 0 Å². The Morgan fingerprint density at radius 2 is 1.76 bits per heavy atom. The highest BCUT2D eigenvalue weighted by Crippen LogP contribution is 2.41. The molecule has 7 rings (SSSR count). The van der Waals surface area contributed by atoms with Crippen LogP contribution in [0.2, 0.25) is 0 Å². The Balaban J connectivity index is 1.20. The fraction of sp³-hybridized carbons (Fsp3) is 0.400. The summed E-state index contributed by atoms with van der Waals surface area (Å²) in [6.07, 6.45) is 5.25. The van der Waals surface area contributed by atoms with Gasteiger partial charge in [-0.1, -0.05) is 13.8 Å². The van der Waals surface area contributed by atoms with E-state index in [1.54, 1.807) is 30.4 Å². The third-order valence-electron chi connectivity index (χ3n) is 9.64. The fourth-order valence-electron chi connectivity index (χ4n) is 7.23. The van der Waals surface area contributed by atoms with Crippen molar-refractivity contribution in [2.75, 3.05) is 54.9 Å². The standard InChI is InChI=1S/C35H40FN7O3/c1-35(2)17-22-14-30-34(46)43(12-11-42(30)31(22)18-35)29-16-24(36)15-26(27(29)21-44)23-13-28(33(45)40(4)20-23)38-32-6-5-25(19-37-32)41-9-7-39(3)8-10-41/h5-6,13-16,19-20,44H,7-12,17-18,21H2,1-4H3,(H,37,38). The molecule has 1 fully saturated rings. The summed E-state index contributed by atoms with van der Waals surface area (Å²) in [6.45, 7) is 8.83. The summed E-state index contributed by atoms with van der Waals surface area (Å²) in [5, 5.41) is 13.8. The number of halogens is 1. The van der Waals surface area contributed by atoms with E-state index in [9.17, 15) is 14.7 Å². The van der Waals surface area contributed by atoms with Crippen molar-refractivity contribution in [2.24, 2.45) is 12.5 Å². The highest BCUT2D eigenvalue weighted by atomic mass is 19.1. The van der Waals surface area contributed by atoms with Crippen molar-refractivity contribution < 1.29 is 14.3 Å². The molecule has 0 unspecified atom stereocenters. The van der Waals surface area contributed by atoms with E-state index in [2.05, 4.69) is 45.6 Å². The van der Waals surface area contributed by atoms with Gasteiger partial charge in [0.1, 0.15) is 23.0 Å². The van der Waals surface area contributed by atoms with Crippen molar-refractivity contribution in [1.82, 2.24) is 19.0 Å². The first-order valence-corrected chi connectivity index (χ1v) is 15.9. The number of anilines is 4. The molecule has 0 atom stereocenters. The van der Waals surface area contributed by atoms with E-state index in [0.717, 1.165) is 44.7 Å². The summed E-state index contributed by atoms with van der Waals surface area (Å²) in [6, 6.07) is 10.1. The number of benzene rings is 1. The predicted octanol–water partition coefficient (Wildman–Crippen LogP) is 4.16. The number of aryl methyl sites for hydroxylation is 1. The van der Waals surface area contributed by atoms with Gasteiger partial charge in [-0.2, -0.15) is 0 Å². The van der Waals surface area contributed by atoms with Crippen molar-refractivity contribution in [2.45, 2.75) is 39.8 Å². The third-order valence-corrected chi connectivity index (χ3v) is 9.64. The van der Waals surface area contributed by atoms with Gasteiger partial charge in [0.2, 0.25) is 0 Å². The first-order valence-electron chi connectivity index (χ1n) is 15.9. The van der Waals surface area contributed by atoms with Gasteiger partial charge in [-0.25, -0.2) is 9.37 Å². The zero-order valence-corrected chi connectivity index (χ0v) is 26.8. The first kappa shape index (κ1) is 30.2. The number of nitrogens with one attached hydrogen (secondary N) is 1. The number of nitrogens with zero attached hydrogens (tertiary/aromatic N) is 6. The predicted molar refractivity (Wildman–Crippen MR) is 178 cm³/mol. The maximum absolute atomic E-state index is 15.3. The third kappa shape index (κ3) is 5.37. The average molecular weight is 626 g/mol. The molecular formula is C35H40FN7O3. The molecule has 1 amide bonds. The Hall–Kier alpha value is -4.48. The summed E-state index contributed by atoms with van der Waals surface area (Å²) in [5.74, 6) is -0.241. The number of piperazine rings is 1. The molecule has 240 valence electrons. The molecule has 1 saturated heterocycles. The lowest BCUT2D eigenvalue weighted by atomic mass is 9.90. The molecule has 10 nitrogen and oxygen atoms in total. The average Bonchev–Trinajstić information content (AvgIpc) is 3.52. The molecule has 5 heterocycles. The minimum atomic E-state index is -0.537. The number of rotatable bonds is 6. The number of carbonyl (C=O) groups excluding carboxylic acids is 1. The van der Waals surface area contributed by atoms with E-state index in [4.69, 9.17) is 0 Å². The number of hydrogen-bond acceptors (Lipinski definition) is 7. The second-order valence-electron chi connectivity index (χ2n) is 13.6. The van der Waals surface area contributed by atoms with Crippen molar-refractivity contribution >= 4 is 28.8 Å². The van der Waals surface area contributed by atoms with Crippen LogP contribution in [0.5, 0.6) is 0 Å². The molecule has 0 spiro atoms. The van der Waals surface area contributed by atoms with Crippen molar-refractivity contribution in [3.8, 4) is 11.1 Å². The Labute approximate surface area is 267 Å². The lowest BCUT2D eigenvalue weighted by Crippen LogP contribution is -2.44. The van der Waals surface area contributed by atoms with Crippen LogP contribution in [0.3, 0.4) is 0 Å². The number of hydrogen-bond donors (Lipinski definition) is 2. The number of aromatic nitrogens is 3.